The Labute approximate surface area is 141 Å². The number of benzene rings is 1. The first kappa shape index (κ1) is 17.5. The molecule has 0 aliphatic heterocycles. The molecule has 0 spiro atoms. The van der Waals surface area contributed by atoms with Gasteiger partial charge >= 0.3 is 6.03 Å². The summed E-state index contributed by atoms with van der Waals surface area (Å²) in [5.41, 5.74) is 3.26. The van der Waals surface area contributed by atoms with Gasteiger partial charge in [0.1, 0.15) is 0 Å². The number of rotatable bonds is 5. The molecule has 1 aromatic heterocycles. The number of carbonyl (C=O) groups is 2. The fraction of sp³-hybridized carbons (Fsp3) is 0.353. The Morgan fingerprint density at radius 1 is 1.17 bits per heavy atom. The van der Waals surface area contributed by atoms with Crippen LogP contribution in [0.1, 0.15) is 35.6 Å². The molecule has 1 heterocycles. The molecule has 3 amide bonds. The maximum atomic E-state index is 12.4. The molecule has 0 atom stereocenters. The van der Waals surface area contributed by atoms with Crippen molar-refractivity contribution < 1.29 is 9.59 Å². The standard InChI is InChI=1S/C17H23N5O2/c1-5-22(6-2)16(23)13-8-7-9-14(10-13)18-17(24)19-15-11(3)20-21-12(15)4/h7-10H,5-6H2,1-4H3,(H,20,21)(H2,18,19,24). The zero-order chi connectivity index (χ0) is 17.7. The molecule has 3 N–H and O–H groups in total. The van der Waals surface area contributed by atoms with E-state index in [4.69, 9.17) is 0 Å². The highest BCUT2D eigenvalue weighted by molar-refractivity contribution is 6.01. The van der Waals surface area contributed by atoms with Crippen LogP contribution in [0.25, 0.3) is 0 Å². The van der Waals surface area contributed by atoms with E-state index in [9.17, 15) is 9.59 Å². The van der Waals surface area contributed by atoms with Gasteiger partial charge in [-0.25, -0.2) is 4.79 Å². The first-order chi connectivity index (χ1) is 11.5. The minimum absolute atomic E-state index is 0.0504. The lowest BCUT2D eigenvalue weighted by Crippen LogP contribution is -2.30. The highest BCUT2D eigenvalue weighted by Crippen LogP contribution is 2.17. The largest absolute Gasteiger partial charge is 0.339 e. The number of aromatic nitrogens is 2. The van der Waals surface area contributed by atoms with E-state index < -0.39 is 0 Å². The smallest absolute Gasteiger partial charge is 0.323 e. The van der Waals surface area contributed by atoms with Crippen LogP contribution in [0.15, 0.2) is 24.3 Å². The Bertz CT molecular complexity index is 715. The molecular formula is C17H23N5O2. The third-order valence-electron chi connectivity index (χ3n) is 3.78. The van der Waals surface area contributed by atoms with E-state index in [2.05, 4.69) is 20.8 Å². The van der Waals surface area contributed by atoms with E-state index in [0.717, 1.165) is 5.69 Å². The molecule has 0 radical (unpaired) electrons. The van der Waals surface area contributed by atoms with Crippen molar-refractivity contribution in [3.63, 3.8) is 0 Å². The van der Waals surface area contributed by atoms with Crippen LogP contribution < -0.4 is 10.6 Å². The molecule has 7 heteroatoms. The first-order valence-corrected chi connectivity index (χ1v) is 7.95. The number of amides is 3. The summed E-state index contributed by atoms with van der Waals surface area (Å²) in [6, 6.07) is 6.53. The second-order valence-electron chi connectivity index (χ2n) is 5.45. The van der Waals surface area contributed by atoms with E-state index in [1.165, 1.54) is 0 Å². The Morgan fingerprint density at radius 3 is 2.46 bits per heavy atom. The molecule has 24 heavy (non-hydrogen) atoms. The summed E-state index contributed by atoms with van der Waals surface area (Å²) in [5, 5.41) is 12.4. The number of carbonyl (C=O) groups excluding carboxylic acids is 2. The van der Waals surface area contributed by atoms with Crippen molar-refractivity contribution >= 4 is 23.3 Å². The Morgan fingerprint density at radius 2 is 1.88 bits per heavy atom. The molecule has 0 aliphatic rings. The van der Waals surface area contributed by atoms with Gasteiger partial charge in [-0.15, -0.1) is 0 Å². The Hall–Kier alpha value is -2.83. The minimum Gasteiger partial charge on any atom is -0.339 e. The van der Waals surface area contributed by atoms with E-state index in [-0.39, 0.29) is 11.9 Å². The molecule has 0 bridgehead atoms. The van der Waals surface area contributed by atoms with Crippen molar-refractivity contribution in [3.05, 3.63) is 41.2 Å². The van der Waals surface area contributed by atoms with Crippen LogP contribution in [0.5, 0.6) is 0 Å². The van der Waals surface area contributed by atoms with E-state index in [1.807, 2.05) is 27.7 Å². The van der Waals surface area contributed by atoms with E-state index in [0.29, 0.717) is 35.7 Å². The lowest BCUT2D eigenvalue weighted by atomic mass is 10.1. The number of urea groups is 1. The van der Waals surface area contributed by atoms with Gasteiger partial charge in [-0.1, -0.05) is 6.07 Å². The quantitative estimate of drug-likeness (QED) is 0.787. The van der Waals surface area contributed by atoms with Crippen molar-refractivity contribution in [1.82, 2.24) is 15.1 Å². The Kier molecular flexibility index (Phi) is 5.57. The molecule has 2 rings (SSSR count). The van der Waals surface area contributed by atoms with Crippen molar-refractivity contribution in [2.45, 2.75) is 27.7 Å². The summed E-state index contributed by atoms with van der Waals surface area (Å²) >= 11 is 0. The number of hydrogen-bond acceptors (Lipinski definition) is 3. The second-order valence-corrected chi connectivity index (χ2v) is 5.45. The summed E-state index contributed by atoms with van der Waals surface area (Å²) in [6.45, 7) is 8.81. The highest BCUT2D eigenvalue weighted by atomic mass is 16.2. The predicted molar refractivity (Wildman–Crippen MR) is 94.4 cm³/mol. The van der Waals surface area contributed by atoms with Gasteiger partial charge in [-0.2, -0.15) is 5.10 Å². The maximum Gasteiger partial charge on any atom is 0.323 e. The topological polar surface area (TPSA) is 90.1 Å². The lowest BCUT2D eigenvalue weighted by molar-refractivity contribution is 0.0773. The molecule has 0 unspecified atom stereocenters. The number of hydrogen-bond donors (Lipinski definition) is 3. The van der Waals surface area contributed by atoms with Gasteiger partial charge < -0.3 is 15.5 Å². The van der Waals surface area contributed by atoms with Crippen molar-refractivity contribution in [1.29, 1.82) is 0 Å². The number of aryl methyl sites for hydroxylation is 2. The SMILES string of the molecule is CCN(CC)C(=O)c1cccc(NC(=O)Nc2c(C)n[nH]c2C)c1. The summed E-state index contributed by atoms with van der Waals surface area (Å²) < 4.78 is 0. The van der Waals surface area contributed by atoms with Crippen LogP contribution in [-0.4, -0.2) is 40.1 Å². The number of nitrogens with one attached hydrogen (secondary N) is 3. The number of aromatic amines is 1. The predicted octanol–water partition coefficient (Wildman–Crippen LogP) is 3.15. The lowest BCUT2D eigenvalue weighted by Gasteiger charge is -2.19. The van der Waals surface area contributed by atoms with Crippen LogP contribution in [0, 0.1) is 13.8 Å². The number of H-pyrrole nitrogens is 1. The average molecular weight is 329 g/mol. The molecule has 2 aromatic rings. The van der Waals surface area contributed by atoms with Crippen LogP contribution >= 0.6 is 0 Å². The van der Waals surface area contributed by atoms with E-state index in [1.54, 1.807) is 29.2 Å². The van der Waals surface area contributed by atoms with Crippen LogP contribution in [0.4, 0.5) is 16.2 Å². The van der Waals surface area contributed by atoms with E-state index >= 15 is 0 Å². The molecule has 7 nitrogen and oxygen atoms in total. The van der Waals surface area contributed by atoms with Crippen LogP contribution in [-0.2, 0) is 0 Å². The fourth-order valence-corrected chi connectivity index (χ4v) is 2.43. The average Bonchev–Trinajstić information content (AvgIpc) is 2.88. The fourth-order valence-electron chi connectivity index (χ4n) is 2.43. The van der Waals surface area contributed by atoms with Gasteiger partial charge in [0, 0.05) is 24.3 Å². The Balaban J connectivity index is 2.09. The molecule has 128 valence electrons. The van der Waals surface area contributed by atoms with Gasteiger partial charge in [0.25, 0.3) is 5.91 Å². The molecule has 0 aliphatic carbocycles. The van der Waals surface area contributed by atoms with Gasteiger partial charge in [-0.3, -0.25) is 9.89 Å². The molecule has 1 aromatic carbocycles. The zero-order valence-electron chi connectivity index (χ0n) is 14.4. The minimum atomic E-state index is -0.380. The van der Waals surface area contributed by atoms with Gasteiger partial charge in [0.2, 0.25) is 0 Å². The van der Waals surface area contributed by atoms with Crippen molar-refractivity contribution in [2.75, 3.05) is 23.7 Å². The molecule has 0 saturated heterocycles. The van der Waals surface area contributed by atoms with Crippen LogP contribution in [0.3, 0.4) is 0 Å². The first-order valence-electron chi connectivity index (χ1n) is 7.95. The van der Waals surface area contributed by atoms with Gasteiger partial charge in [0.05, 0.1) is 17.1 Å². The molecule has 0 saturated carbocycles. The van der Waals surface area contributed by atoms with Gasteiger partial charge in [0.15, 0.2) is 0 Å². The highest BCUT2D eigenvalue weighted by Gasteiger charge is 2.14. The van der Waals surface area contributed by atoms with Gasteiger partial charge in [-0.05, 0) is 45.9 Å². The number of nitrogens with zero attached hydrogens (tertiary/aromatic N) is 2. The van der Waals surface area contributed by atoms with Crippen molar-refractivity contribution in [3.8, 4) is 0 Å². The van der Waals surface area contributed by atoms with Crippen molar-refractivity contribution in [2.24, 2.45) is 0 Å². The monoisotopic (exact) mass is 329 g/mol. The number of anilines is 2. The summed E-state index contributed by atoms with van der Waals surface area (Å²) in [4.78, 5) is 26.3. The normalized spacial score (nSPS) is 10.3. The summed E-state index contributed by atoms with van der Waals surface area (Å²) in [5.74, 6) is -0.0504. The molecule has 0 fully saturated rings. The third-order valence-corrected chi connectivity index (χ3v) is 3.78. The molecular weight excluding hydrogens is 306 g/mol. The third kappa shape index (κ3) is 3.92. The zero-order valence-corrected chi connectivity index (χ0v) is 14.4. The summed E-state index contributed by atoms with van der Waals surface area (Å²) in [6.07, 6.45) is 0. The second kappa shape index (κ2) is 7.63. The van der Waals surface area contributed by atoms with Crippen LogP contribution in [0.2, 0.25) is 0 Å². The maximum absolute atomic E-state index is 12.4. The summed E-state index contributed by atoms with van der Waals surface area (Å²) in [7, 11) is 0.